The lowest BCUT2D eigenvalue weighted by Crippen LogP contribution is -2.20. The van der Waals surface area contributed by atoms with Gasteiger partial charge in [-0.25, -0.2) is 0 Å². The third-order valence-corrected chi connectivity index (χ3v) is 2.73. The minimum absolute atomic E-state index is 0.443. The molecular formula is C11H18F3N3. The van der Waals surface area contributed by atoms with Crippen LogP contribution < -0.4 is 5.32 Å². The van der Waals surface area contributed by atoms with Crippen LogP contribution in [0.15, 0.2) is 12.4 Å². The van der Waals surface area contributed by atoms with Gasteiger partial charge in [0.05, 0.1) is 11.8 Å². The number of halogens is 3. The summed E-state index contributed by atoms with van der Waals surface area (Å²) in [6.07, 6.45) is 0.467. The van der Waals surface area contributed by atoms with Crippen molar-refractivity contribution in [2.24, 2.45) is 0 Å². The van der Waals surface area contributed by atoms with E-state index in [1.54, 1.807) is 0 Å². The van der Waals surface area contributed by atoms with Crippen LogP contribution >= 0.6 is 0 Å². The molecule has 0 aliphatic carbocycles. The molecule has 98 valence electrons. The van der Waals surface area contributed by atoms with Crippen molar-refractivity contribution in [3.8, 4) is 0 Å². The van der Waals surface area contributed by atoms with E-state index in [0.29, 0.717) is 12.6 Å². The Hall–Kier alpha value is -1.04. The number of nitrogens with one attached hydrogen (secondary N) is 1. The van der Waals surface area contributed by atoms with Crippen LogP contribution in [-0.2, 0) is 12.7 Å². The van der Waals surface area contributed by atoms with Crippen molar-refractivity contribution >= 4 is 0 Å². The van der Waals surface area contributed by atoms with Crippen molar-refractivity contribution in [1.82, 2.24) is 15.1 Å². The van der Waals surface area contributed by atoms with E-state index >= 15 is 0 Å². The molecule has 1 unspecified atom stereocenters. The number of unbranched alkanes of at least 4 members (excludes halogenated alkanes) is 1. The number of aryl methyl sites for hydroxylation is 1. The van der Waals surface area contributed by atoms with E-state index < -0.39 is 11.7 Å². The molecule has 0 saturated carbocycles. The summed E-state index contributed by atoms with van der Waals surface area (Å²) in [6.45, 7) is 2.61. The van der Waals surface area contributed by atoms with E-state index in [9.17, 15) is 13.2 Å². The first-order valence-electron chi connectivity index (χ1n) is 5.70. The molecule has 0 spiro atoms. The van der Waals surface area contributed by atoms with Gasteiger partial charge in [0.25, 0.3) is 0 Å². The standard InChI is InChI=1S/C11H18F3N3/c1-9(15-2)5-3-4-6-17-8-10(7-16-17)11(12,13)14/h7-9,15H,3-6H2,1-2H3. The van der Waals surface area contributed by atoms with E-state index in [4.69, 9.17) is 0 Å². The monoisotopic (exact) mass is 249 g/mol. The van der Waals surface area contributed by atoms with Crippen LogP contribution in [0.5, 0.6) is 0 Å². The summed E-state index contributed by atoms with van der Waals surface area (Å²) in [5, 5.41) is 6.82. The van der Waals surface area contributed by atoms with Crippen molar-refractivity contribution < 1.29 is 13.2 Å². The second-order valence-corrected chi connectivity index (χ2v) is 4.18. The van der Waals surface area contributed by atoms with E-state index in [1.165, 1.54) is 4.68 Å². The van der Waals surface area contributed by atoms with Crippen LogP contribution in [0.25, 0.3) is 0 Å². The second-order valence-electron chi connectivity index (χ2n) is 4.18. The molecule has 0 aliphatic rings. The van der Waals surface area contributed by atoms with Crippen LogP contribution in [0.1, 0.15) is 31.7 Å². The number of aromatic nitrogens is 2. The predicted molar refractivity (Wildman–Crippen MR) is 59.6 cm³/mol. The Labute approximate surface area is 99.0 Å². The highest BCUT2D eigenvalue weighted by Crippen LogP contribution is 2.28. The van der Waals surface area contributed by atoms with Crippen LogP contribution in [0.4, 0.5) is 13.2 Å². The quantitative estimate of drug-likeness (QED) is 0.785. The first kappa shape index (κ1) is 14.0. The predicted octanol–water partition coefficient (Wildman–Crippen LogP) is 2.68. The Morgan fingerprint density at radius 1 is 1.41 bits per heavy atom. The molecule has 0 aliphatic heterocycles. The fourth-order valence-corrected chi connectivity index (χ4v) is 1.50. The summed E-state index contributed by atoms with van der Waals surface area (Å²) < 4.78 is 38.2. The third-order valence-electron chi connectivity index (χ3n) is 2.73. The summed E-state index contributed by atoms with van der Waals surface area (Å²) in [4.78, 5) is 0. The zero-order valence-corrected chi connectivity index (χ0v) is 10.1. The normalized spacial score (nSPS) is 13.9. The maximum absolute atomic E-state index is 12.3. The molecule has 1 rings (SSSR count). The summed E-state index contributed by atoms with van der Waals surface area (Å²) in [7, 11) is 1.90. The van der Waals surface area contributed by atoms with Crippen molar-refractivity contribution in [3.63, 3.8) is 0 Å². The minimum atomic E-state index is -4.29. The van der Waals surface area contributed by atoms with Crippen molar-refractivity contribution in [2.75, 3.05) is 7.05 Å². The largest absolute Gasteiger partial charge is 0.419 e. The average Bonchev–Trinajstić information content (AvgIpc) is 2.72. The molecule has 0 aromatic carbocycles. The molecule has 0 bridgehead atoms. The number of nitrogens with zero attached hydrogens (tertiary/aromatic N) is 2. The zero-order chi connectivity index (χ0) is 12.9. The lowest BCUT2D eigenvalue weighted by atomic mass is 10.1. The van der Waals surface area contributed by atoms with Gasteiger partial charge in [-0.15, -0.1) is 0 Å². The van der Waals surface area contributed by atoms with Crippen molar-refractivity contribution in [3.05, 3.63) is 18.0 Å². The number of alkyl halides is 3. The Morgan fingerprint density at radius 3 is 2.65 bits per heavy atom. The van der Waals surface area contributed by atoms with Gasteiger partial charge in [0.1, 0.15) is 0 Å². The highest BCUT2D eigenvalue weighted by Gasteiger charge is 2.31. The molecule has 0 fully saturated rings. The molecule has 0 radical (unpaired) electrons. The van der Waals surface area contributed by atoms with Crippen LogP contribution in [0.2, 0.25) is 0 Å². The smallest absolute Gasteiger partial charge is 0.317 e. The lowest BCUT2D eigenvalue weighted by Gasteiger charge is -2.09. The lowest BCUT2D eigenvalue weighted by molar-refractivity contribution is -0.137. The van der Waals surface area contributed by atoms with Gasteiger partial charge in [-0.3, -0.25) is 4.68 Å². The molecule has 1 aromatic rings. The molecule has 0 saturated heterocycles. The Bertz CT molecular complexity index is 333. The maximum atomic E-state index is 12.3. The van der Waals surface area contributed by atoms with Gasteiger partial charge in [0.15, 0.2) is 0 Å². The molecule has 17 heavy (non-hydrogen) atoms. The van der Waals surface area contributed by atoms with Gasteiger partial charge in [-0.1, -0.05) is 6.42 Å². The van der Waals surface area contributed by atoms with Crippen molar-refractivity contribution in [2.45, 2.75) is 44.9 Å². The number of hydrogen-bond donors (Lipinski definition) is 1. The number of hydrogen-bond acceptors (Lipinski definition) is 2. The molecule has 6 heteroatoms. The molecule has 0 amide bonds. The highest BCUT2D eigenvalue weighted by atomic mass is 19.4. The molecule has 1 heterocycles. The first-order chi connectivity index (χ1) is 7.93. The van der Waals surface area contributed by atoms with Crippen molar-refractivity contribution in [1.29, 1.82) is 0 Å². The second kappa shape index (κ2) is 6.05. The molecule has 1 N–H and O–H groups in total. The van der Waals surface area contributed by atoms with Gasteiger partial charge in [-0.2, -0.15) is 18.3 Å². The molecular weight excluding hydrogens is 231 g/mol. The number of rotatable bonds is 6. The Morgan fingerprint density at radius 2 is 2.12 bits per heavy atom. The Kier molecular flexibility index (Phi) is 4.99. The van der Waals surface area contributed by atoms with E-state index in [1.807, 2.05) is 7.05 Å². The minimum Gasteiger partial charge on any atom is -0.317 e. The first-order valence-corrected chi connectivity index (χ1v) is 5.70. The Balaban J connectivity index is 2.31. The van der Waals surface area contributed by atoms with Gasteiger partial charge in [-0.05, 0) is 26.8 Å². The molecule has 3 nitrogen and oxygen atoms in total. The van der Waals surface area contributed by atoms with E-state index in [2.05, 4.69) is 17.3 Å². The summed E-state index contributed by atoms with van der Waals surface area (Å²) in [6, 6.07) is 0.443. The van der Waals surface area contributed by atoms with Gasteiger partial charge < -0.3 is 5.32 Å². The fraction of sp³-hybridized carbons (Fsp3) is 0.727. The average molecular weight is 249 g/mol. The van der Waals surface area contributed by atoms with Gasteiger partial charge >= 0.3 is 6.18 Å². The van der Waals surface area contributed by atoms with Gasteiger partial charge in [0, 0.05) is 18.8 Å². The van der Waals surface area contributed by atoms with Gasteiger partial charge in [0.2, 0.25) is 0 Å². The SMILES string of the molecule is CNC(C)CCCCn1cc(C(F)(F)F)cn1. The van der Waals surface area contributed by atoms with E-state index in [0.717, 1.165) is 31.7 Å². The van der Waals surface area contributed by atoms with Crippen LogP contribution in [-0.4, -0.2) is 22.9 Å². The summed E-state index contributed by atoms with van der Waals surface area (Å²) in [5.41, 5.74) is -0.680. The zero-order valence-electron chi connectivity index (χ0n) is 10.1. The summed E-state index contributed by atoms with van der Waals surface area (Å²) >= 11 is 0. The molecule has 1 aromatic heterocycles. The third kappa shape index (κ3) is 4.77. The summed E-state index contributed by atoms with van der Waals surface area (Å²) in [5.74, 6) is 0. The highest BCUT2D eigenvalue weighted by molar-refractivity contribution is 5.08. The topological polar surface area (TPSA) is 29.9 Å². The van der Waals surface area contributed by atoms with E-state index in [-0.39, 0.29) is 0 Å². The van der Waals surface area contributed by atoms with Crippen LogP contribution in [0.3, 0.4) is 0 Å². The fourth-order valence-electron chi connectivity index (χ4n) is 1.50. The maximum Gasteiger partial charge on any atom is 0.419 e. The molecule has 1 atom stereocenters. The van der Waals surface area contributed by atoms with Crippen LogP contribution in [0, 0.1) is 0 Å².